The van der Waals surface area contributed by atoms with Crippen molar-refractivity contribution in [2.75, 3.05) is 13.7 Å². The van der Waals surface area contributed by atoms with Crippen LogP contribution in [0.1, 0.15) is 16.8 Å². The van der Waals surface area contributed by atoms with Gasteiger partial charge >= 0.3 is 0 Å². The predicted octanol–water partition coefficient (Wildman–Crippen LogP) is 2.02. The number of halogens is 2. The van der Waals surface area contributed by atoms with E-state index in [2.05, 4.69) is 0 Å². The van der Waals surface area contributed by atoms with Crippen molar-refractivity contribution in [3.8, 4) is 5.75 Å². The Bertz CT molecular complexity index is 382. The Hall–Kier alpha value is -1.13. The molecule has 0 aliphatic rings. The third kappa shape index (κ3) is 2.46. The summed E-state index contributed by atoms with van der Waals surface area (Å²) in [6, 6.07) is 2.48. The van der Waals surface area contributed by atoms with Crippen molar-refractivity contribution < 1.29 is 13.9 Å². The quantitative estimate of drug-likeness (QED) is 0.807. The van der Waals surface area contributed by atoms with Crippen LogP contribution in [-0.4, -0.2) is 19.4 Å². The van der Waals surface area contributed by atoms with Gasteiger partial charge in [-0.1, -0.05) is 11.6 Å². The van der Waals surface area contributed by atoms with Gasteiger partial charge < -0.3 is 10.5 Å². The number of rotatable bonds is 4. The van der Waals surface area contributed by atoms with E-state index in [-0.39, 0.29) is 29.3 Å². The number of benzene rings is 1. The fourth-order valence-electron chi connectivity index (χ4n) is 1.25. The van der Waals surface area contributed by atoms with Crippen LogP contribution >= 0.6 is 11.6 Å². The number of methoxy groups -OCH3 is 1. The minimum Gasteiger partial charge on any atom is -0.494 e. The lowest BCUT2D eigenvalue weighted by atomic mass is 10.1. The molecule has 0 aliphatic heterocycles. The molecule has 1 aromatic carbocycles. The summed E-state index contributed by atoms with van der Waals surface area (Å²) in [6.07, 6.45) is 0.0631. The maximum atomic E-state index is 13.4. The average Bonchev–Trinajstić information content (AvgIpc) is 2.21. The molecule has 0 atom stereocenters. The maximum absolute atomic E-state index is 13.4. The molecule has 0 aliphatic carbocycles. The van der Waals surface area contributed by atoms with Gasteiger partial charge in [0.15, 0.2) is 11.5 Å². The van der Waals surface area contributed by atoms with Gasteiger partial charge in [0.1, 0.15) is 5.82 Å². The van der Waals surface area contributed by atoms with Gasteiger partial charge in [-0.25, -0.2) is 4.39 Å². The SMILES string of the molecule is COc1c(Cl)ccc(F)c1C(=O)CCN. The second-order valence-electron chi connectivity index (χ2n) is 2.90. The third-order valence-corrected chi connectivity index (χ3v) is 2.21. The van der Waals surface area contributed by atoms with Gasteiger partial charge in [0.05, 0.1) is 17.7 Å². The molecule has 3 nitrogen and oxygen atoms in total. The highest BCUT2D eigenvalue weighted by Crippen LogP contribution is 2.31. The molecule has 5 heteroatoms. The van der Waals surface area contributed by atoms with E-state index in [0.717, 1.165) is 6.07 Å². The number of carbonyl (C=O) groups excluding carboxylic acids is 1. The molecule has 0 amide bonds. The Kier molecular flexibility index (Phi) is 4.05. The molecule has 0 heterocycles. The first kappa shape index (κ1) is 11.9. The lowest BCUT2D eigenvalue weighted by molar-refractivity contribution is 0.0978. The monoisotopic (exact) mass is 231 g/mol. The molecule has 0 saturated carbocycles. The van der Waals surface area contributed by atoms with Crippen LogP contribution in [0.2, 0.25) is 5.02 Å². The summed E-state index contributed by atoms with van der Waals surface area (Å²) >= 11 is 5.77. The van der Waals surface area contributed by atoms with Gasteiger partial charge in [-0.15, -0.1) is 0 Å². The Balaban J connectivity index is 3.24. The normalized spacial score (nSPS) is 10.1. The van der Waals surface area contributed by atoms with Gasteiger partial charge in [0.25, 0.3) is 0 Å². The first-order valence-electron chi connectivity index (χ1n) is 4.37. The second-order valence-corrected chi connectivity index (χ2v) is 3.31. The summed E-state index contributed by atoms with van der Waals surface area (Å²) in [6.45, 7) is 0.161. The lowest BCUT2D eigenvalue weighted by Crippen LogP contribution is -2.11. The van der Waals surface area contributed by atoms with Crippen molar-refractivity contribution in [3.63, 3.8) is 0 Å². The molecule has 82 valence electrons. The van der Waals surface area contributed by atoms with Crippen molar-refractivity contribution in [1.29, 1.82) is 0 Å². The summed E-state index contributed by atoms with van der Waals surface area (Å²) in [5.41, 5.74) is 5.10. The van der Waals surface area contributed by atoms with E-state index >= 15 is 0 Å². The number of nitrogens with two attached hydrogens (primary N) is 1. The maximum Gasteiger partial charge on any atom is 0.170 e. The molecule has 15 heavy (non-hydrogen) atoms. The number of ether oxygens (including phenoxy) is 1. The molecule has 0 radical (unpaired) electrons. The molecule has 0 aromatic heterocycles. The summed E-state index contributed by atoms with van der Waals surface area (Å²) in [5.74, 6) is -0.987. The first-order chi connectivity index (χ1) is 7.11. The first-order valence-corrected chi connectivity index (χ1v) is 4.74. The van der Waals surface area contributed by atoms with Crippen LogP contribution in [0, 0.1) is 5.82 Å². The van der Waals surface area contributed by atoms with Gasteiger partial charge in [0.2, 0.25) is 0 Å². The average molecular weight is 232 g/mol. The van der Waals surface area contributed by atoms with Crippen LogP contribution in [0.4, 0.5) is 4.39 Å². The van der Waals surface area contributed by atoms with E-state index in [1.54, 1.807) is 0 Å². The van der Waals surface area contributed by atoms with Gasteiger partial charge in [-0.2, -0.15) is 0 Å². The minimum absolute atomic E-state index is 0.0631. The molecule has 0 saturated heterocycles. The Morgan fingerprint density at radius 1 is 1.60 bits per heavy atom. The van der Waals surface area contributed by atoms with Gasteiger partial charge in [-0.3, -0.25) is 4.79 Å². The fourth-order valence-corrected chi connectivity index (χ4v) is 1.48. The summed E-state index contributed by atoms with van der Waals surface area (Å²) in [7, 11) is 1.33. The van der Waals surface area contributed by atoms with Crippen molar-refractivity contribution in [3.05, 3.63) is 28.5 Å². The topological polar surface area (TPSA) is 52.3 Å². The Morgan fingerprint density at radius 3 is 2.80 bits per heavy atom. The number of hydrogen-bond donors (Lipinski definition) is 1. The van der Waals surface area contributed by atoms with Gasteiger partial charge in [0, 0.05) is 6.42 Å². The van der Waals surface area contributed by atoms with Crippen LogP contribution in [0.15, 0.2) is 12.1 Å². The van der Waals surface area contributed by atoms with E-state index in [4.69, 9.17) is 22.1 Å². The van der Waals surface area contributed by atoms with E-state index in [9.17, 15) is 9.18 Å². The molecule has 0 unspecified atom stereocenters. The second kappa shape index (κ2) is 5.09. The number of Topliss-reactive ketones (excluding diaryl/α,β-unsaturated/α-hetero) is 1. The molecular weight excluding hydrogens is 221 g/mol. The Labute approximate surface area is 92.0 Å². The summed E-state index contributed by atoms with van der Waals surface area (Å²) in [4.78, 5) is 11.5. The number of carbonyl (C=O) groups is 1. The Morgan fingerprint density at radius 2 is 2.27 bits per heavy atom. The van der Waals surface area contributed by atoms with Crippen LogP contribution in [0.5, 0.6) is 5.75 Å². The lowest BCUT2D eigenvalue weighted by Gasteiger charge is -2.09. The smallest absolute Gasteiger partial charge is 0.170 e. The van der Waals surface area contributed by atoms with E-state index in [1.165, 1.54) is 13.2 Å². The number of hydrogen-bond acceptors (Lipinski definition) is 3. The van der Waals surface area contributed by atoms with Crippen LogP contribution in [-0.2, 0) is 0 Å². The number of ketones is 1. The highest BCUT2D eigenvalue weighted by atomic mass is 35.5. The van der Waals surface area contributed by atoms with Crippen LogP contribution in [0.25, 0.3) is 0 Å². The van der Waals surface area contributed by atoms with E-state index < -0.39 is 11.6 Å². The van der Waals surface area contributed by atoms with Gasteiger partial charge in [-0.05, 0) is 18.7 Å². The highest BCUT2D eigenvalue weighted by molar-refractivity contribution is 6.32. The molecule has 0 bridgehead atoms. The zero-order valence-corrected chi connectivity index (χ0v) is 8.97. The minimum atomic E-state index is -0.644. The zero-order valence-electron chi connectivity index (χ0n) is 8.22. The molecule has 2 N–H and O–H groups in total. The van der Waals surface area contributed by atoms with E-state index in [1.807, 2.05) is 0 Å². The molecule has 1 aromatic rings. The van der Waals surface area contributed by atoms with Crippen molar-refractivity contribution in [2.24, 2.45) is 5.73 Å². The summed E-state index contributed by atoms with van der Waals surface area (Å²) in [5, 5.41) is 0.208. The predicted molar refractivity (Wildman–Crippen MR) is 56.0 cm³/mol. The highest BCUT2D eigenvalue weighted by Gasteiger charge is 2.19. The van der Waals surface area contributed by atoms with Crippen LogP contribution in [0.3, 0.4) is 0 Å². The van der Waals surface area contributed by atoms with Crippen molar-refractivity contribution in [2.45, 2.75) is 6.42 Å². The van der Waals surface area contributed by atoms with Crippen molar-refractivity contribution >= 4 is 17.4 Å². The van der Waals surface area contributed by atoms with Crippen molar-refractivity contribution in [1.82, 2.24) is 0 Å². The molecule has 0 fully saturated rings. The van der Waals surface area contributed by atoms with Crippen LogP contribution < -0.4 is 10.5 Å². The standard InChI is InChI=1S/C10H11ClFNO2/c1-15-10-6(11)2-3-7(12)9(10)8(14)4-5-13/h2-3H,4-5,13H2,1H3. The van der Waals surface area contributed by atoms with E-state index in [0.29, 0.717) is 0 Å². The summed E-state index contributed by atoms with van der Waals surface area (Å²) < 4.78 is 18.3. The molecule has 0 spiro atoms. The third-order valence-electron chi connectivity index (χ3n) is 1.91. The molecule has 1 rings (SSSR count). The molecular formula is C10H11ClFNO2. The zero-order chi connectivity index (χ0) is 11.4. The fraction of sp³-hybridized carbons (Fsp3) is 0.300. The largest absolute Gasteiger partial charge is 0.494 e.